The molecule has 0 bridgehead atoms. The van der Waals surface area contributed by atoms with Crippen LogP contribution in [-0.2, 0) is 4.79 Å². The molecule has 2 N–H and O–H groups in total. The van der Waals surface area contributed by atoms with Gasteiger partial charge >= 0.3 is 0 Å². The summed E-state index contributed by atoms with van der Waals surface area (Å²) in [6, 6.07) is 11.7. The molecule has 1 heterocycles. The lowest BCUT2D eigenvalue weighted by atomic mass is 9.78. The number of amides is 1. The normalized spacial score (nSPS) is 27.7. The molecule has 4 rings (SSSR count). The van der Waals surface area contributed by atoms with Crippen LogP contribution in [0.3, 0.4) is 0 Å². The Hall–Kier alpha value is -1.39. The van der Waals surface area contributed by atoms with E-state index in [0.717, 1.165) is 38.9 Å². The molecule has 0 aromatic heterocycles. The molecule has 0 spiro atoms. The minimum Gasteiger partial charge on any atom is -0.351 e. The number of hydrogen-bond acceptors (Lipinski definition) is 3. The lowest BCUT2D eigenvalue weighted by Gasteiger charge is -2.50. The van der Waals surface area contributed by atoms with Gasteiger partial charge in [0.1, 0.15) is 5.54 Å². The highest BCUT2D eigenvalue weighted by Crippen LogP contribution is 2.37. The molecule has 2 atom stereocenters. The maximum atomic E-state index is 14.0. The summed E-state index contributed by atoms with van der Waals surface area (Å²) in [5.74, 6) is 0.761. The summed E-state index contributed by atoms with van der Waals surface area (Å²) in [5.41, 5.74) is 1.06. The summed E-state index contributed by atoms with van der Waals surface area (Å²) in [6.07, 6.45) is 13.2. The van der Waals surface area contributed by atoms with Crippen LogP contribution in [0.5, 0.6) is 0 Å². The van der Waals surface area contributed by atoms with E-state index < -0.39 is 0 Å². The van der Waals surface area contributed by atoms with Gasteiger partial charge in [0.2, 0.25) is 5.91 Å². The monoisotopic (exact) mass is 411 g/mol. The summed E-state index contributed by atoms with van der Waals surface area (Å²) in [5, 5.41) is 7.13. The Morgan fingerprint density at radius 3 is 2.37 bits per heavy atom. The molecule has 3 aliphatic rings. The van der Waals surface area contributed by atoms with Crippen LogP contribution in [0.4, 0.5) is 0 Å². The van der Waals surface area contributed by atoms with E-state index in [1.54, 1.807) is 0 Å². The van der Waals surface area contributed by atoms with Crippen LogP contribution in [0.25, 0.3) is 0 Å². The molecular weight excluding hydrogens is 370 g/mol. The molecule has 1 aromatic carbocycles. The number of carbonyl (C=O) groups is 1. The van der Waals surface area contributed by atoms with E-state index in [0.29, 0.717) is 17.9 Å². The van der Waals surface area contributed by atoms with Gasteiger partial charge in [-0.3, -0.25) is 9.69 Å². The number of carbonyl (C=O) groups excluding carboxylic acids is 1. The molecule has 3 fully saturated rings. The van der Waals surface area contributed by atoms with Crippen molar-refractivity contribution in [2.24, 2.45) is 0 Å². The average molecular weight is 412 g/mol. The van der Waals surface area contributed by atoms with E-state index in [-0.39, 0.29) is 11.6 Å². The SMILES string of the molecule is CCN(C1CCCCC1)C1(C(=O)N[C@@H]2CCCC[C@@H]2c2ccccc2)CCNCC1. The van der Waals surface area contributed by atoms with Gasteiger partial charge in [0.15, 0.2) is 0 Å². The molecule has 4 nitrogen and oxygen atoms in total. The molecule has 1 aromatic rings. The maximum absolute atomic E-state index is 14.0. The van der Waals surface area contributed by atoms with Crippen LogP contribution in [0.15, 0.2) is 30.3 Å². The lowest BCUT2D eigenvalue weighted by molar-refractivity contribution is -0.139. The van der Waals surface area contributed by atoms with Gasteiger partial charge in [0, 0.05) is 18.0 Å². The number of nitrogens with zero attached hydrogens (tertiary/aromatic N) is 1. The molecule has 1 saturated heterocycles. The fraction of sp³-hybridized carbons (Fsp3) is 0.731. The van der Waals surface area contributed by atoms with E-state index >= 15 is 0 Å². The average Bonchev–Trinajstić information content (AvgIpc) is 2.82. The van der Waals surface area contributed by atoms with Gasteiger partial charge < -0.3 is 10.6 Å². The number of likely N-dealkylation sites (N-methyl/N-ethyl adjacent to an activating group) is 1. The van der Waals surface area contributed by atoms with E-state index in [4.69, 9.17) is 0 Å². The van der Waals surface area contributed by atoms with Gasteiger partial charge in [-0.2, -0.15) is 0 Å². The van der Waals surface area contributed by atoms with Crippen LogP contribution >= 0.6 is 0 Å². The van der Waals surface area contributed by atoms with Crippen molar-refractivity contribution in [1.82, 2.24) is 15.5 Å². The van der Waals surface area contributed by atoms with Crippen molar-refractivity contribution in [3.63, 3.8) is 0 Å². The van der Waals surface area contributed by atoms with Crippen LogP contribution < -0.4 is 10.6 Å². The van der Waals surface area contributed by atoms with E-state index in [9.17, 15) is 4.79 Å². The predicted molar refractivity (Wildman–Crippen MR) is 124 cm³/mol. The number of benzene rings is 1. The standard InChI is InChI=1S/C26H41N3O/c1-2-29(22-13-7-4-8-14-22)26(17-19-27-20-18-26)25(30)28-24-16-10-9-15-23(24)21-11-5-3-6-12-21/h3,5-6,11-12,22-24,27H,2,4,7-10,13-20H2,1H3,(H,28,30)/t23-,24-/m1/s1. The quantitative estimate of drug-likeness (QED) is 0.719. The molecular formula is C26H41N3O. The van der Waals surface area contributed by atoms with Gasteiger partial charge in [0.25, 0.3) is 0 Å². The van der Waals surface area contributed by atoms with Crippen molar-refractivity contribution in [2.45, 2.75) is 101 Å². The highest BCUT2D eigenvalue weighted by atomic mass is 16.2. The highest BCUT2D eigenvalue weighted by Gasteiger charge is 2.47. The van der Waals surface area contributed by atoms with E-state index in [2.05, 4.69) is 52.8 Å². The summed E-state index contributed by atoms with van der Waals surface area (Å²) < 4.78 is 0. The molecule has 166 valence electrons. The minimum absolute atomic E-state index is 0.269. The molecule has 30 heavy (non-hydrogen) atoms. The molecule has 1 aliphatic heterocycles. The summed E-state index contributed by atoms with van der Waals surface area (Å²) in [4.78, 5) is 16.6. The Morgan fingerprint density at radius 2 is 1.67 bits per heavy atom. The Morgan fingerprint density at radius 1 is 1.00 bits per heavy atom. The first-order chi connectivity index (χ1) is 14.7. The van der Waals surface area contributed by atoms with Crippen LogP contribution in [0.2, 0.25) is 0 Å². The third-order valence-electron chi connectivity index (χ3n) is 8.07. The zero-order chi connectivity index (χ0) is 20.8. The Balaban J connectivity index is 1.55. The number of rotatable bonds is 6. The van der Waals surface area contributed by atoms with Gasteiger partial charge in [-0.1, -0.05) is 69.4 Å². The molecule has 0 unspecified atom stereocenters. The van der Waals surface area contributed by atoms with Gasteiger partial charge in [-0.25, -0.2) is 0 Å². The third-order valence-corrected chi connectivity index (χ3v) is 8.07. The van der Waals surface area contributed by atoms with Crippen molar-refractivity contribution in [3.05, 3.63) is 35.9 Å². The van der Waals surface area contributed by atoms with Crippen molar-refractivity contribution < 1.29 is 4.79 Å². The van der Waals surface area contributed by atoms with Gasteiger partial charge in [-0.05, 0) is 63.7 Å². The smallest absolute Gasteiger partial charge is 0.240 e. The topological polar surface area (TPSA) is 44.4 Å². The third kappa shape index (κ3) is 4.60. The molecule has 2 saturated carbocycles. The second kappa shape index (κ2) is 10.3. The van der Waals surface area contributed by atoms with E-state index in [1.807, 2.05) is 0 Å². The van der Waals surface area contributed by atoms with Crippen molar-refractivity contribution in [2.75, 3.05) is 19.6 Å². The summed E-state index contributed by atoms with van der Waals surface area (Å²) in [7, 11) is 0. The highest BCUT2D eigenvalue weighted by molar-refractivity contribution is 5.87. The molecule has 2 aliphatic carbocycles. The van der Waals surface area contributed by atoms with E-state index in [1.165, 1.54) is 56.9 Å². The first kappa shape index (κ1) is 21.8. The Bertz CT molecular complexity index is 664. The van der Waals surface area contributed by atoms with Crippen LogP contribution in [-0.4, -0.2) is 48.1 Å². The maximum Gasteiger partial charge on any atom is 0.240 e. The van der Waals surface area contributed by atoms with Crippen molar-refractivity contribution in [1.29, 1.82) is 0 Å². The van der Waals surface area contributed by atoms with Crippen LogP contribution in [0, 0.1) is 0 Å². The number of piperidine rings is 1. The second-order valence-corrected chi connectivity index (χ2v) is 9.74. The van der Waals surface area contributed by atoms with Gasteiger partial charge in [0.05, 0.1) is 0 Å². The number of hydrogen-bond donors (Lipinski definition) is 2. The van der Waals surface area contributed by atoms with Crippen molar-refractivity contribution >= 4 is 5.91 Å². The largest absolute Gasteiger partial charge is 0.351 e. The zero-order valence-corrected chi connectivity index (χ0v) is 18.9. The van der Waals surface area contributed by atoms with Crippen LogP contribution in [0.1, 0.15) is 89.0 Å². The zero-order valence-electron chi connectivity index (χ0n) is 18.9. The first-order valence-corrected chi connectivity index (χ1v) is 12.6. The Kier molecular flexibility index (Phi) is 7.48. The fourth-order valence-corrected chi connectivity index (χ4v) is 6.49. The second-order valence-electron chi connectivity index (χ2n) is 9.74. The minimum atomic E-state index is -0.333. The number of nitrogens with one attached hydrogen (secondary N) is 2. The molecule has 0 radical (unpaired) electrons. The Labute approximate surface area is 183 Å². The fourth-order valence-electron chi connectivity index (χ4n) is 6.49. The molecule has 1 amide bonds. The first-order valence-electron chi connectivity index (χ1n) is 12.6. The van der Waals surface area contributed by atoms with Gasteiger partial charge in [-0.15, -0.1) is 0 Å². The summed E-state index contributed by atoms with van der Waals surface area (Å²) >= 11 is 0. The lowest BCUT2D eigenvalue weighted by Crippen LogP contribution is -2.66. The molecule has 4 heteroatoms. The summed E-state index contributed by atoms with van der Waals surface area (Å²) in [6.45, 7) is 5.14. The van der Waals surface area contributed by atoms with Crippen molar-refractivity contribution in [3.8, 4) is 0 Å². The predicted octanol–water partition coefficient (Wildman–Crippen LogP) is 4.61.